The first-order valence-corrected chi connectivity index (χ1v) is 5.69. The molecule has 0 radical (unpaired) electrons. The van der Waals surface area contributed by atoms with Gasteiger partial charge >= 0.3 is 0 Å². The van der Waals surface area contributed by atoms with Gasteiger partial charge in [-0.15, -0.1) is 0 Å². The number of hydrogen-bond donors (Lipinski definition) is 1. The van der Waals surface area contributed by atoms with E-state index < -0.39 is 5.60 Å². The van der Waals surface area contributed by atoms with Crippen LogP contribution in [0.25, 0.3) is 0 Å². The number of aliphatic hydroxyl groups is 1. The molecular weight excluding hydrogens is 160 g/mol. The first-order chi connectivity index (χ1) is 5.97. The minimum atomic E-state index is -0.399. The summed E-state index contributed by atoms with van der Waals surface area (Å²) in [6, 6.07) is 0. The van der Waals surface area contributed by atoms with E-state index in [1.807, 2.05) is 6.92 Å². The maximum Gasteiger partial charge on any atom is 0.0645 e. The molecule has 0 heterocycles. The fourth-order valence-electron chi connectivity index (χ4n) is 2.40. The lowest BCUT2D eigenvalue weighted by Crippen LogP contribution is -2.39. The van der Waals surface area contributed by atoms with Gasteiger partial charge in [-0.1, -0.05) is 27.2 Å². The van der Waals surface area contributed by atoms with Crippen molar-refractivity contribution in [3.63, 3.8) is 0 Å². The van der Waals surface area contributed by atoms with Crippen molar-refractivity contribution in [1.29, 1.82) is 0 Å². The molecule has 0 bridgehead atoms. The topological polar surface area (TPSA) is 20.2 Å². The quantitative estimate of drug-likeness (QED) is 0.698. The van der Waals surface area contributed by atoms with E-state index in [1.165, 1.54) is 19.3 Å². The highest BCUT2D eigenvalue weighted by Gasteiger charge is 2.36. The second kappa shape index (κ2) is 4.00. The normalized spacial score (nSPS) is 43.2. The summed E-state index contributed by atoms with van der Waals surface area (Å²) in [5.74, 6) is 2.15. The molecule has 1 N–H and O–H groups in total. The van der Waals surface area contributed by atoms with Gasteiger partial charge in [0, 0.05) is 0 Å². The Balaban J connectivity index is 2.51. The van der Waals surface area contributed by atoms with Crippen molar-refractivity contribution in [3.8, 4) is 0 Å². The summed E-state index contributed by atoms with van der Waals surface area (Å²) in [4.78, 5) is 0. The highest BCUT2D eigenvalue weighted by atomic mass is 16.3. The molecule has 0 spiro atoms. The molecule has 3 unspecified atom stereocenters. The molecule has 1 rings (SSSR count). The number of hydrogen-bond acceptors (Lipinski definition) is 1. The van der Waals surface area contributed by atoms with Gasteiger partial charge < -0.3 is 5.11 Å². The molecule has 0 amide bonds. The molecule has 1 saturated carbocycles. The van der Waals surface area contributed by atoms with E-state index in [0.29, 0.717) is 5.92 Å². The van der Waals surface area contributed by atoms with Crippen LogP contribution in [0.15, 0.2) is 0 Å². The summed E-state index contributed by atoms with van der Waals surface area (Å²) in [5.41, 5.74) is -0.399. The highest BCUT2D eigenvalue weighted by molar-refractivity contribution is 4.88. The molecule has 0 aromatic heterocycles. The van der Waals surface area contributed by atoms with Crippen molar-refractivity contribution in [2.45, 2.75) is 59.0 Å². The molecule has 4 atom stereocenters. The Morgan fingerprint density at radius 1 is 1.54 bits per heavy atom. The molecule has 0 aromatic carbocycles. The van der Waals surface area contributed by atoms with Crippen LogP contribution in [0.2, 0.25) is 0 Å². The Morgan fingerprint density at radius 3 is 2.62 bits per heavy atom. The zero-order valence-corrected chi connectivity index (χ0v) is 9.51. The summed E-state index contributed by atoms with van der Waals surface area (Å²) in [6.45, 7) is 8.79. The van der Waals surface area contributed by atoms with Crippen molar-refractivity contribution in [1.82, 2.24) is 0 Å². The second-order valence-corrected chi connectivity index (χ2v) is 5.18. The van der Waals surface area contributed by atoms with Gasteiger partial charge in [-0.05, 0) is 43.9 Å². The summed E-state index contributed by atoms with van der Waals surface area (Å²) in [6.07, 6.45) is 4.69. The highest BCUT2D eigenvalue weighted by Crippen LogP contribution is 2.40. The van der Waals surface area contributed by atoms with Gasteiger partial charge in [0.15, 0.2) is 0 Å². The van der Waals surface area contributed by atoms with Gasteiger partial charge in [0.25, 0.3) is 0 Å². The second-order valence-electron chi connectivity index (χ2n) is 5.18. The van der Waals surface area contributed by atoms with Gasteiger partial charge in [-0.3, -0.25) is 0 Å². The zero-order valence-electron chi connectivity index (χ0n) is 9.51. The van der Waals surface area contributed by atoms with E-state index in [-0.39, 0.29) is 0 Å². The van der Waals surface area contributed by atoms with E-state index in [9.17, 15) is 5.11 Å². The Kier molecular flexibility index (Phi) is 3.39. The van der Waals surface area contributed by atoms with E-state index in [1.54, 1.807) is 0 Å². The molecule has 13 heavy (non-hydrogen) atoms. The summed E-state index contributed by atoms with van der Waals surface area (Å²) in [5, 5.41) is 10.0. The Morgan fingerprint density at radius 2 is 2.15 bits per heavy atom. The maximum atomic E-state index is 10.0. The molecule has 1 heteroatoms. The Hall–Kier alpha value is -0.0400. The van der Waals surface area contributed by atoms with Gasteiger partial charge in [-0.2, -0.15) is 0 Å². The first-order valence-electron chi connectivity index (χ1n) is 5.69. The van der Waals surface area contributed by atoms with Gasteiger partial charge in [0.2, 0.25) is 0 Å². The largest absolute Gasteiger partial charge is 0.390 e. The van der Waals surface area contributed by atoms with Crippen LogP contribution in [0.1, 0.15) is 53.4 Å². The van der Waals surface area contributed by atoms with Gasteiger partial charge in [0.05, 0.1) is 5.60 Å². The third-order valence-electron chi connectivity index (χ3n) is 4.19. The Bertz CT molecular complexity index is 163. The van der Waals surface area contributed by atoms with Crippen molar-refractivity contribution in [2.24, 2.45) is 17.8 Å². The fraction of sp³-hybridized carbons (Fsp3) is 1.00. The van der Waals surface area contributed by atoms with Crippen LogP contribution >= 0.6 is 0 Å². The molecule has 0 saturated heterocycles. The summed E-state index contributed by atoms with van der Waals surface area (Å²) >= 11 is 0. The van der Waals surface area contributed by atoms with Crippen LogP contribution in [0.4, 0.5) is 0 Å². The lowest BCUT2D eigenvalue weighted by atomic mass is 9.69. The zero-order chi connectivity index (χ0) is 10.1. The average Bonchev–Trinajstić information content (AvgIpc) is 2.08. The molecule has 1 aliphatic carbocycles. The molecular formula is C12H24O. The predicted molar refractivity (Wildman–Crippen MR) is 56.6 cm³/mol. The summed E-state index contributed by atoms with van der Waals surface area (Å²) < 4.78 is 0. The maximum absolute atomic E-state index is 10.0. The van der Waals surface area contributed by atoms with Crippen molar-refractivity contribution >= 4 is 0 Å². The van der Waals surface area contributed by atoms with Crippen LogP contribution < -0.4 is 0 Å². The fourth-order valence-corrected chi connectivity index (χ4v) is 2.40. The standard InChI is InChI=1S/C12H24O/c1-5-9(2)11-6-7-12(4,13)10(3)8-11/h9-11,13H,5-8H2,1-4H3/t9?,10-,11?,12?/m0/s1. The molecule has 0 aliphatic heterocycles. The first kappa shape index (κ1) is 11.0. The lowest BCUT2D eigenvalue weighted by Gasteiger charge is -2.41. The van der Waals surface area contributed by atoms with Gasteiger partial charge in [0.1, 0.15) is 0 Å². The Labute approximate surface area is 82.5 Å². The van der Waals surface area contributed by atoms with Crippen LogP contribution in [0, 0.1) is 17.8 Å². The van der Waals surface area contributed by atoms with Crippen LogP contribution in [0.5, 0.6) is 0 Å². The van der Waals surface area contributed by atoms with Crippen LogP contribution in [0.3, 0.4) is 0 Å². The monoisotopic (exact) mass is 184 g/mol. The van der Waals surface area contributed by atoms with Crippen LogP contribution in [-0.2, 0) is 0 Å². The third kappa shape index (κ3) is 2.46. The SMILES string of the molecule is CCC(C)C1CCC(C)(O)[C@@H](C)C1. The third-order valence-corrected chi connectivity index (χ3v) is 4.19. The van der Waals surface area contributed by atoms with E-state index in [4.69, 9.17) is 0 Å². The predicted octanol–water partition coefficient (Wildman–Crippen LogP) is 3.22. The van der Waals surface area contributed by atoms with Crippen LogP contribution in [-0.4, -0.2) is 10.7 Å². The van der Waals surface area contributed by atoms with E-state index in [2.05, 4.69) is 20.8 Å². The lowest BCUT2D eigenvalue weighted by molar-refractivity contribution is -0.0461. The van der Waals surface area contributed by atoms with Crippen molar-refractivity contribution in [3.05, 3.63) is 0 Å². The minimum absolute atomic E-state index is 0.399. The molecule has 0 aromatic rings. The van der Waals surface area contributed by atoms with Gasteiger partial charge in [-0.25, -0.2) is 0 Å². The molecule has 1 aliphatic rings. The van der Waals surface area contributed by atoms with Crippen molar-refractivity contribution < 1.29 is 5.11 Å². The number of rotatable bonds is 2. The molecule has 1 fully saturated rings. The minimum Gasteiger partial charge on any atom is -0.390 e. The molecule has 78 valence electrons. The summed E-state index contributed by atoms with van der Waals surface area (Å²) in [7, 11) is 0. The average molecular weight is 184 g/mol. The smallest absolute Gasteiger partial charge is 0.0645 e. The van der Waals surface area contributed by atoms with E-state index >= 15 is 0 Å². The van der Waals surface area contributed by atoms with E-state index in [0.717, 1.165) is 18.3 Å². The molecule has 1 nitrogen and oxygen atoms in total. The van der Waals surface area contributed by atoms with Crippen molar-refractivity contribution in [2.75, 3.05) is 0 Å².